The van der Waals surface area contributed by atoms with Crippen LogP contribution in [0.4, 0.5) is 0 Å². The first-order valence-corrected chi connectivity index (χ1v) is 5.74. The van der Waals surface area contributed by atoms with Crippen LogP contribution in [0.3, 0.4) is 0 Å². The Bertz CT molecular complexity index is 258. The van der Waals surface area contributed by atoms with Crippen molar-refractivity contribution in [2.24, 2.45) is 11.7 Å². The molecule has 2 atom stereocenters. The molecule has 0 bridgehead atoms. The van der Waals surface area contributed by atoms with E-state index in [1.54, 1.807) is 0 Å². The van der Waals surface area contributed by atoms with Crippen LogP contribution in [0.1, 0.15) is 33.6 Å². The molecule has 1 heterocycles. The Morgan fingerprint density at radius 3 is 2.80 bits per heavy atom. The van der Waals surface area contributed by atoms with E-state index in [1.807, 2.05) is 31.7 Å². The van der Waals surface area contributed by atoms with Crippen LogP contribution in [0.15, 0.2) is 11.6 Å². The van der Waals surface area contributed by atoms with Crippen molar-refractivity contribution in [1.29, 1.82) is 0 Å². The molecule has 3 heteroatoms. The van der Waals surface area contributed by atoms with Crippen molar-refractivity contribution >= 4 is 5.91 Å². The number of hydrogen-bond acceptors (Lipinski definition) is 2. The van der Waals surface area contributed by atoms with Gasteiger partial charge in [0.25, 0.3) is 0 Å². The molecule has 0 radical (unpaired) electrons. The fourth-order valence-electron chi connectivity index (χ4n) is 2.00. The number of amides is 1. The van der Waals surface area contributed by atoms with Gasteiger partial charge in [-0.05, 0) is 39.5 Å². The molecule has 1 saturated heterocycles. The zero-order chi connectivity index (χ0) is 11.4. The van der Waals surface area contributed by atoms with E-state index in [2.05, 4.69) is 0 Å². The van der Waals surface area contributed by atoms with Gasteiger partial charge in [-0.3, -0.25) is 4.79 Å². The lowest BCUT2D eigenvalue weighted by Gasteiger charge is -2.34. The van der Waals surface area contributed by atoms with Gasteiger partial charge in [0.05, 0.1) is 0 Å². The lowest BCUT2D eigenvalue weighted by atomic mass is 9.92. The first-order valence-electron chi connectivity index (χ1n) is 5.74. The van der Waals surface area contributed by atoms with Gasteiger partial charge >= 0.3 is 0 Å². The van der Waals surface area contributed by atoms with Gasteiger partial charge in [-0.1, -0.05) is 6.08 Å². The molecule has 0 aromatic carbocycles. The number of carbonyl (C=O) groups is 1. The van der Waals surface area contributed by atoms with E-state index in [1.165, 1.54) is 0 Å². The van der Waals surface area contributed by atoms with E-state index in [9.17, 15) is 4.79 Å². The number of hydrogen-bond donors (Lipinski definition) is 1. The summed E-state index contributed by atoms with van der Waals surface area (Å²) in [7, 11) is 0. The lowest BCUT2D eigenvalue weighted by Crippen LogP contribution is -2.45. The molecule has 3 nitrogen and oxygen atoms in total. The highest BCUT2D eigenvalue weighted by molar-refractivity contribution is 5.92. The number of allylic oxidation sites excluding steroid dienone is 1. The Labute approximate surface area is 92.3 Å². The molecule has 86 valence electrons. The fraction of sp³-hybridized carbons (Fsp3) is 0.750. The van der Waals surface area contributed by atoms with Crippen molar-refractivity contribution in [2.45, 2.75) is 39.7 Å². The minimum Gasteiger partial charge on any atom is -0.339 e. The molecule has 15 heavy (non-hydrogen) atoms. The summed E-state index contributed by atoms with van der Waals surface area (Å²) < 4.78 is 0. The monoisotopic (exact) mass is 210 g/mol. The minimum atomic E-state index is 0.169. The molecular formula is C12H22N2O. The molecule has 1 aliphatic heterocycles. The fourth-order valence-corrected chi connectivity index (χ4v) is 2.00. The highest BCUT2D eigenvalue weighted by Crippen LogP contribution is 2.20. The van der Waals surface area contributed by atoms with Crippen molar-refractivity contribution < 1.29 is 4.79 Å². The number of likely N-dealkylation sites (tertiary alicyclic amines) is 1. The van der Waals surface area contributed by atoms with Crippen LogP contribution in [0.2, 0.25) is 0 Å². The number of nitrogens with zero attached hydrogens (tertiary/aromatic N) is 1. The molecule has 1 rings (SSSR count). The van der Waals surface area contributed by atoms with Crippen LogP contribution in [0.25, 0.3) is 0 Å². The third-order valence-corrected chi connectivity index (χ3v) is 3.26. The quantitative estimate of drug-likeness (QED) is 0.703. The van der Waals surface area contributed by atoms with E-state index in [0.717, 1.165) is 31.5 Å². The Kier molecular flexibility index (Phi) is 4.33. The maximum Gasteiger partial charge on any atom is 0.249 e. The highest BCUT2D eigenvalue weighted by atomic mass is 16.2. The summed E-state index contributed by atoms with van der Waals surface area (Å²) in [6, 6.07) is 0.187. The zero-order valence-electron chi connectivity index (χ0n) is 9.99. The van der Waals surface area contributed by atoms with Gasteiger partial charge in [-0.25, -0.2) is 0 Å². The Morgan fingerprint density at radius 1 is 1.60 bits per heavy atom. The van der Waals surface area contributed by atoms with E-state index >= 15 is 0 Å². The molecule has 1 fully saturated rings. The standard InChI is InChI=1S/C12H22N2O/c1-4-9(2)12(15)14-7-5-6-11(8-14)10(3)13/h4,10-11H,5-8,13H2,1-3H3/b9-4+/t10-,11+/m0/s1. The van der Waals surface area contributed by atoms with Gasteiger partial charge in [-0.15, -0.1) is 0 Å². The molecule has 0 saturated carbocycles. The van der Waals surface area contributed by atoms with Gasteiger partial charge in [0.1, 0.15) is 0 Å². The maximum atomic E-state index is 11.9. The predicted molar refractivity (Wildman–Crippen MR) is 62.4 cm³/mol. The van der Waals surface area contributed by atoms with Crippen LogP contribution in [-0.4, -0.2) is 29.9 Å². The van der Waals surface area contributed by atoms with Crippen molar-refractivity contribution in [3.63, 3.8) is 0 Å². The zero-order valence-corrected chi connectivity index (χ0v) is 9.99. The first-order chi connectivity index (χ1) is 7.06. The molecule has 0 aliphatic carbocycles. The van der Waals surface area contributed by atoms with Crippen LogP contribution in [-0.2, 0) is 4.79 Å². The van der Waals surface area contributed by atoms with Gasteiger partial charge in [0.2, 0.25) is 5.91 Å². The summed E-state index contributed by atoms with van der Waals surface area (Å²) in [6.45, 7) is 7.51. The summed E-state index contributed by atoms with van der Waals surface area (Å²) >= 11 is 0. The number of nitrogens with two attached hydrogens (primary N) is 1. The van der Waals surface area contributed by atoms with Gasteiger partial charge in [0, 0.05) is 24.7 Å². The average Bonchev–Trinajstić information content (AvgIpc) is 2.27. The molecule has 0 unspecified atom stereocenters. The van der Waals surface area contributed by atoms with Gasteiger partial charge in [0.15, 0.2) is 0 Å². The third kappa shape index (κ3) is 3.06. The van der Waals surface area contributed by atoms with E-state index in [0.29, 0.717) is 5.92 Å². The second-order valence-electron chi connectivity index (χ2n) is 4.48. The van der Waals surface area contributed by atoms with Crippen LogP contribution >= 0.6 is 0 Å². The molecule has 2 N–H and O–H groups in total. The second kappa shape index (κ2) is 5.31. The average molecular weight is 210 g/mol. The van der Waals surface area contributed by atoms with Crippen molar-refractivity contribution in [1.82, 2.24) is 4.90 Å². The molecule has 0 spiro atoms. The smallest absolute Gasteiger partial charge is 0.249 e. The Morgan fingerprint density at radius 2 is 2.27 bits per heavy atom. The summed E-state index contributed by atoms with van der Waals surface area (Å²) in [6.07, 6.45) is 4.10. The summed E-state index contributed by atoms with van der Waals surface area (Å²) in [5.74, 6) is 0.634. The molecule has 1 aliphatic rings. The molecule has 0 aromatic heterocycles. The van der Waals surface area contributed by atoms with Crippen LogP contribution < -0.4 is 5.73 Å². The minimum absolute atomic E-state index is 0.169. The van der Waals surface area contributed by atoms with Crippen LogP contribution in [0, 0.1) is 5.92 Å². The number of piperidine rings is 1. The normalized spacial score (nSPS) is 25.2. The molecular weight excluding hydrogens is 188 g/mol. The van der Waals surface area contributed by atoms with Crippen LogP contribution in [0.5, 0.6) is 0 Å². The maximum absolute atomic E-state index is 11.9. The first kappa shape index (κ1) is 12.2. The second-order valence-corrected chi connectivity index (χ2v) is 4.48. The molecule has 0 aromatic rings. The molecule has 1 amide bonds. The number of rotatable bonds is 2. The Hall–Kier alpha value is -0.830. The topological polar surface area (TPSA) is 46.3 Å². The van der Waals surface area contributed by atoms with Crippen molar-refractivity contribution in [3.05, 3.63) is 11.6 Å². The van der Waals surface area contributed by atoms with Gasteiger partial charge in [-0.2, -0.15) is 0 Å². The highest BCUT2D eigenvalue weighted by Gasteiger charge is 2.25. The predicted octanol–water partition coefficient (Wildman–Crippen LogP) is 1.54. The summed E-state index contributed by atoms with van der Waals surface area (Å²) in [5, 5.41) is 0. The van der Waals surface area contributed by atoms with Crippen molar-refractivity contribution in [3.8, 4) is 0 Å². The largest absolute Gasteiger partial charge is 0.339 e. The van der Waals surface area contributed by atoms with E-state index in [4.69, 9.17) is 5.73 Å². The van der Waals surface area contributed by atoms with Gasteiger partial charge < -0.3 is 10.6 Å². The summed E-state index contributed by atoms with van der Waals surface area (Å²) in [4.78, 5) is 13.9. The van der Waals surface area contributed by atoms with E-state index < -0.39 is 0 Å². The van der Waals surface area contributed by atoms with Crippen molar-refractivity contribution in [2.75, 3.05) is 13.1 Å². The SMILES string of the molecule is C/C=C(\C)C(=O)N1CCC[C@@H]([C@H](C)N)C1. The Balaban J connectivity index is 2.60. The van der Waals surface area contributed by atoms with E-state index in [-0.39, 0.29) is 11.9 Å². The third-order valence-electron chi connectivity index (χ3n) is 3.26. The number of carbonyl (C=O) groups excluding carboxylic acids is 1. The summed E-state index contributed by atoms with van der Waals surface area (Å²) in [5.41, 5.74) is 6.72. The lowest BCUT2D eigenvalue weighted by molar-refractivity contribution is -0.128.